The van der Waals surface area contributed by atoms with Gasteiger partial charge in [0.05, 0.1) is 12.2 Å². The molecule has 0 unspecified atom stereocenters. The topological polar surface area (TPSA) is 76.0 Å². The fraction of sp³-hybridized carbons (Fsp3) is 0.0800. The Morgan fingerprint density at radius 3 is 2.51 bits per heavy atom. The molecule has 3 aromatic carbocycles. The Morgan fingerprint density at radius 1 is 1.03 bits per heavy atom. The lowest BCUT2D eigenvalue weighted by atomic mass is 9.93. The van der Waals surface area contributed by atoms with E-state index < -0.39 is 36.0 Å². The summed E-state index contributed by atoms with van der Waals surface area (Å²) in [5.41, 5.74) is 1.11. The van der Waals surface area contributed by atoms with Gasteiger partial charge in [0.25, 0.3) is 11.8 Å². The summed E-state index contributed by atoms with van der Waals surface area (Å²) in [5.74, 6) is -2.66. The third-order valence-corrected chi connectivity index (χ3v) is 6.33. The highest BCUT2D eigenvalue weighted by Gasteiger charge is 2.35. The quantitative estimate of drug-likeness (QED) is 0.275. The van der Waals surface area contributed by atoms with Crippen LogP contribution in [0.25, 0.3) is 11.1 Å². The molecule has 12 heteroatoms. The first kappa shape index (κ1) is 24.8. The third kappa shape index (κ3) is 4.77. The summed E-state index contributed by atoms with van der Waals surface area (Å²) in [6, 6.07) is 8.84. The van der Waals surface area contributed by atoms with Crippen LogP contribution in [0.1, 0.15) is 44.4 Å². The second kappa shape index (κ2) is 9.53. The van der Waals surface area contributed by atoms with Crippen LogP contribution in [0.3, 0.4) is 0 Å². The maximum Gasteiger partial charge on any atom is 0.333 e. The van der Waals surface area contributed by atoms with Crippen molar-refractivity contribution in [3.63, 3.8) is 0 Å². The minimum atomic E-state index is -2.89. The summed E-state index contributed by atoms with van der Waals surface area (Å²) in [6.45, 7) is -2.89. The number of hydrogen-bond acceptors (Lipinski definition) is 3. The molecule has 188 valence electrons. The Hall–Kier alpha value is -3.89. The zero-order chi connectivity index (χ0) is 26.4. The van der Waals surface area contributed by atoms with Crippen molar-refractivity contribution in [2.24, 2.45) is 0 Å². The number of halogens is 6. The van der Waals surface area contributed by atoms with Crippen LogP contribution >= 0.6 is 23.2 Å². The minimum Gasteiger partial charge on any atom is -0.341 e. The van der Waals surface area contributed by atoms with Gasteiger partial charge in [0, 0.05) is 49.7 Å². The molecule has 2 heterocycles. The molecule has 0 saturated heterocycles. The number of fused-ring (bicyclic) bond motifs is 1. The van der Waals surface area contributed by atoms with Crippen LogP contribution in [0.15, 0.2) is 60.9 Å². The van der Waals surface area contributed by atoms with Gasteiger partial charge in [0.15, 0.2) is 0 Å². The lowest BCUT2D eigenvalue weighted by Crippen LogP contribution is -2.21. The Morgan fingerprint density at radius 2 is 1.81 bits per heavy atom. The second-order valence-electron chi connectivity index (χ2n) is 8.16. The maximum atomic E-state index is 14.1. The monoisotopic (exact) mass is 548 g/mol. The van der Waals surface area contributed by atoms with E-state index in [4.69, 9.17) is 23.2 Å². The number of nitrogens with one attached hydrogen (secondary N) is 2. The molecule has 0 fully saturated rings. The predicted octanol–water partition coefficient (Wildman–Crippen LogP) is 6.62. The molecule has 1 aliphatic rings. The number of alkyl halides is 2. The van der Waals surface area contributed by atoms with Crippen LogP contribution in [-0.4, -0.2) is 21.6 Å². The number of anilines is 1. The number of benzene rings is 3. The van der Waals surface area contributed by atoms with E-state index in [1.807, 2.05) is 0 Å². The fourth-order valence-electron chi connectivity index (χ4n) is 4.15. The summed E-state index contributed by atoms with van der Waals surface area (Å²) < 4.78 is 54.6. The number of nitrogens with zero attached hydrogens (tertiary/aromatic N) is 2. The third-order valence-electron chi connectivity index (χ3n) is 5.77. The second-order valence-corrected chi connectivity index (χ2v) is 9.00. The summed E-state index contributed by atoms with van der Waals surface area (Å²) in [5, 5.41) is 9.12. The molecule has 4 aromatic rings. The predicted molar refractivity (Wildman–Crippen MR) is 129 cm³/mol. The maximum absolute atomic E-state index is 14.1. The molecule has 37 heavy (non-hydrogen) atoms. The fourth-order valence-corrected chi connectivity index (χ4v) is 4.59. The average molecular weight is 549 g/mol. The van der Waals surface area contributed by atoms with Crippen LogP contribution in [0.4, 0.5) is 23.2 Å². The Labute approximate surface area is 216 Å². The van der Waals surface area contributed by atoms with Gasteiger partial charge in [0.1, 0.15) is 11.6 Å². The first-order valence-corrected chi connectivity index (χ1v) is 11.4. The van der Waals surface area contributed by atoms with Crippen molar-refractivity contribution in [3.05, 3.63) is 105 Å². The van der Waals surface area contributed by atoms with Gasteiger partial charge in [-0.2, -0.15) is 13.9 Å². The smallest absolute Gasteiger partial charge is 0.333 e. The van der Waals surface area contributed by atoms with E-state index in [-0.39, 0.29) is 43.5 Å². The van der Waals surface area contributed by atoms with Crippen molar-refractivity contribution in [2.45, 2.75) is 12.6 Å². The number of rotatable bonds is 5. The lowest BCUT2D eigenvalue weighted by molar-refractivity contribution is 0.0566. The van der Waals surface area contributed by atoms with Gasteiger partial charge in [-0.05, 0) is 54.1 Å². The van der Waals surface area contributed by atoms with Gasteiger partial charge in [0.2, 0.25) is 0 Å². The van der Waals surface area contributed by atoms with Crippen molar-refractivity contribution in [3.8, 4) is 11.1 Å². The molecule has 2 amide bonds. The molecule has 1 aliphatic heterocycles. The number of carbonyl (C=O) groups is 2. The highest BCUT2D eigenvalue weighted by molar-refractivity contribution is 6.31. The van der Waals surface area contributed by atoms with Crippen LogP contribution < -0.4 is 10.6 Å². The van der Waals surface area contributed by atoms with Crippen molar-refractivity contribution < 1.29 is 27.2 Å². The van der Waals surface area contributed by atoms with Crippen LogP contribution in [0.5, 0.6) is 0 Å². The van der Waals surface area contributed by atoms with Gasteiger partial charge < -0.3 is 10.6 Å². The zero-order valence-electron chi connectivity index (χ0n) is 18.4. The molecule has 0 aliphatic carbocycles. The molecule has 1 aromatic heterocycles. The number of amides is 2. The van der Waals surface area contributed by atoms with Gasteiger partial charge in [-0.1, -0.05) is 23.2 Å². The molecule has 0 spiro atoms. The summed E-state index contributed by atoms with van der Waals surface area (Å²) >= 11 is 12.2. The molecular weight excluding hydrogens is 535 g/mol. The summed E-state index contributed by atoms with van der Waals surface area (Å²) in [6.07, 6.45) is 2.26. The van der Waals surface area contributed by atoms with Crippen molar-refractivity contribution in [1.82, 2.24) is 15.1 Å². The highest BCUT2D eigenvalue weighted by Crippen LogP contribution is 2.42. The summed E-state index contributed by atoms with van der Waals surface area (Å²) in [7, 11) is 0. The number of hydrogen-bond donors (Lipinski definition) is 2. The molecule has 0 bridgehead atoms. The van der Waals surface area contributed by atoms with E-state index in [1.165, 1.54) is 30.5 Å². The Kier molecular flexibility index (Phi) is 6.38. The Balaban J connectivity index is 1.66. The first-order valence-electron chi connectivity index (χ1n) is 10.6. The van der Waals surface area contributed by atoms with Gasteiger partial charge in [-0.25, -0.2) is 13.5 Å². The normalized spacial score (nSPS) is 14.6. The molecule has 1 atom stereocenters. The zero-order valence-corrected chi connectivity index (χ0v) is 19.9. The number of carbonyl (C=O) groups excluding carboxylic acids is 2. The van der Waals surface area contributed by atoms with Crippen molar-refractivity contribution >= 4 is 40.7 Å². The minimum absolute atomic E-state index is 0.00944. The van der Waals surface area contributed by atoms with E-state index >= 15 is 0 Å². The van der Waals surface area contributed by atoms with Crippen LogP contribution in [-0.2, 0) is 0 Å². The molecule has 2 N–H and O–H groups in total. The van der Waals surface area contributed by atoms with E-state index in [0.29, 0.717) is 10.2 Å². The van der Waals surface area contributed by atoms with E-state index in [2.05, 4.69) is 15.7 Å². The van der Waals surface area contributed by atoms with Gasteiger partial charge >= 0.3 is 6.55 Å². The first-order chi connectivity index (χ1) is 17.6. The van der Waals surface area contributed by atoms with Gasteiger partial charge in [-0.3, -0.25) is 9.59 Å². The van der Waals surface area contributed by atoms with Crippen molar-refractivity contribution in [2.75, 3.05) is 5.32 Å². The van der Waals surface area contributed by atoms with E-state index in [9.17, 15) is 27.2 Å². The van der Waals surface area contributed by atoms with Crippen LogP contribution in [0.2, 0.25) is 10.0 Å². The van der Waals surface area contributed by atoms with E-state index in [0.717, 1.165) is 30.5 Å². The van der Waals surface area contributed by atoms with E-state index in [1.54, 1.807) is 0 Å². The molecule has 0 radical (unpaired) electrons. The largest absolute Gasteiger partial charge is 0.341 e. The highest BCUT2D eigenvalue weighted by atomic mass is 35.5. The Bertz CT molecular complexity index is 1550. The number of aromatic nitrogens is 2. The molecular formula is C25H14Cl2F4N4O2. The summed E-state index contributed by atoms with van der Waals surface area (Å²) in [4.78, 5) is 26.0. The SMILES string of the molecule is O=C(Nc1cc(-c2cnn(C(F)F)c2)cc2c1[C@H](c1cc(F)ccc1Cl)NC2=O)c1cc(F)cc(Cl)c1. The van der Waals surface area contributed by atoms with Crippen LogP contribution in [0, 0.1) is 11.6 Å². The average Bonchev–Trinajstić information content (AvgIpc) is 3.46. The molecule has 6 nitrogen and oxygen atoms in total. The standard InChI is InChI=1S/C25H14Cl2F4N4O2/c26-14-3-12(4-16(29)7-14)23(36)33-20-6-11(13-9-32-35(10-13)25(30)31)5-18-21(20)22(34-24(18)37)17-8-15(28)1-2-19(17)27/h1-10,22,25H,(H,33,36)(H,34,37)/t22-/m0/s1. The molecule has 5 rings (SSSR count). The van der Waals surface area contributed by atoms with Gasteiger partial charge in [-0.15, -0.1) is 0 Å². The lowest BCUT2D eigenvalue weighted by Gasteiger charge is -2.19. The molecule has 0 saturated carbocycles. The van der Waals surface area contributed by atoms with Crippen molar-refractivity contribution in [1.29, 1.82) is 0 Å².